The number of hydrogen-bond acceptors (Lipinski definition) is 3. The average molecular weight is 481 g/mol. The van der Waals surface area contributed by atoms with Crippen LogP contribution in [0.4, 0.5) is 8.78 Å². The number of ether oxygens (including phenoxy) is 2. The summed E-state index contributed by atoms with van der Waals surface area (Å²) >= 11 is 0. The van der Waals surface area contributed by atoms with Crippen molar-refractivity contribution in [2.75, 3.05) is 6.61 Å². The molecule has 4 atom stereocenters. The quantitative estimate of drug-likeness (QED) is 0.207. The highest BCUT2D eigenvalue weighted by Gasteiger charge is 2.37. The molecular weight excluding hydrogens is 446 g/mol. The van der Waals surface area contributed by atoms with Gasteiger partial charge in [-0.2, -0.15) is 0 Å². The molecule has 186 valence electrons. The number of hydrogen-bond donors (Lipinski definition) is 0. The molecular formula is C30H34F2O3. The molecule has 0 amide bonds. The number of carbonyl (C=O) groups is 1. The van der Waals surface area contributed by atoms with E-state index in [1.165, 1.54) is 19.3 Å². The van der Waals surface area contributed by atoms with E-state index in [-0.39, 0.29) is 22.8 Å². The highest BCUT2D eigenvalue weighted by molar-refractivity contribution is 5.91. The summed E-state index contributed by atoms with van der Waals surface area (Å²) in [6.45, 7) is 7.78. The maximum absolute atomic E-state index is 15.1. The van der Waals surface area contributed by atoms with Gasteiger partial charge in [0.1, 0.15) is 29.7 Å². The standard InChI is InChI=1S/C30H34F2O3/c1-3-5-6-20-7-8-22-17-23(10-9-21(22)16-20)29-27(31)18-24(19-28(29)32)30(33)35-26-13-11-25(12-14-26)34-15-4-2/h3-4,11-14,18-23H,1-2,5-10,15-17H2. The van der Waals surface area contributed by atoms with Gasteiger partial charge in [0.15, 0.2) is 0 Å². The second kappa shape index (κ2) is 11.7. The van der Waals surface area contributed by atoms with E-state index < -0.39 is 17.6 Å². The molecule has 2 fully saturated rings. The minimum Gasteiger partial charge on any atom is -0.490 e. The van der Waals surface area contributed by atoms with Crippen molar-refractivity contribution in [3.8, 4) is 11.5 Å². The summed E-state index contributed by atoms with van der Waals surface area (Å²) in [6, 6.07) is 8.67. The lowest BCUT2D eigenvalue weighted by Gasteiger charge is -2.42. The highest BCUT2D eigenvalue weighted by atomic mass is 19.1. The van der Waals surface area contributed by atoms with Crippen molar-refractivity contribution in [3.05, 3.63) is 84.5 Å². The molecule has 0 N–H and O–H groups in total. The highest BCUT2D eigenvalue weighted by Crippen LogP contribution is 2.49. The topological polar surface area (TPSA) is 35.5 Å². The molecule has 35 heavy (non-hydrogen) atoms. The Kier molecular flexibility index (Phi) is 8.37. The van der Waals surface area contributed by atoms with Crippen molar-refractivity contribution >= 4 is 5.97 Å². The summed E-state index contributed by atoms with van der Waals surface area (Å²) in [6.07, 6.45) is 12.0. The normalized spacial score (nSPS) is 23.7. The maximum Gasteiger partial charge on any atom is 0.343 e. The molecule has 0 bridgehead atoms. The van der Waals surface area contributed by atoms with Crippen LogP contribution in [0, 0.1) is 29.4 Å². The Hall–Kier alpha value is -2.95. The zero-order valence-corrected chi connectivity index (χ0v) is 20.2. The summed E-state index contributed by atoms with van der Waals surface area (Å²) < 4.78 is 40.9. The Morgan fingerprint density at radius 1 is 0.914 bits per heavy atom. The molecule has 5 heteroatoms. The van der Waals surface area contributed by atoms with E-state index in [0.717, 1.165) is 50.2 Å². The number of carbonyl (C=O) groups excluding carboxylic acids is 1. The molecule has 0 saturated heterocycles. The zero-order chi connectivity index (χ0) is 24.8. The van der Waals surface area contributed by atoms with Gasteiger partial charge >= 0.3 is 5.97 Å². The molecule has 0 heterocycles. The minimum absolute atomic E-state index is 0.123. The molecule has 3 nitrogen and oxygen atoms in total. The summed E-state index contributed by atoms with van der Waals surface area (Å²) in [5.74, 6) is 0.546. The van der Waals surface area contributed by atoms with E-state index in [0.29, 0.717) is 24.2 Å². The smallest absolute Gasteiger partial charge is 0.343 e. The van der Waals surface area contributed by atoms with E-state index in [1.54, 1.807) is 30.3 Å². The lowest BCUT2D eigenvalue weighted by molar-refractivity contribution is 0.0733. The van der Waals surface area contributed by atoms with Gasteiger partial charge in [-0.25, -0.2) is 13.6 Å². The van der Waals surface area contributed by atoms with Gasteiger partial charge < -0.3 is 9.47 Å². The number of rotatable bonds is 9. The van der Waals surface area contributed by atoms with Gasteiger partial charge in [-0.15, -0.1) is 6.58 Å². The average Bonchev–Trinajstić information content (AvgIpc) is 2.86. The SMILES string of the molecule is C=CCCC1CCC2CC(c3c(F)cc(C(=O)Oc4ccc(OCC=C)cc4)cc3F)CCC2C1. The van der Waals surface area contributed by atoms with Crippen molar-refractivity contribution < 1.29 is 23.0 Å². The number of benzene rings is 2. The minimum atomic E-state index is -0.796. The van der Waals surface area contributed by atoms with Crippen molar-refractivity contribution in [2.45, 2.75) is 57.3 Å². The van der Waals surface area contributed by atoms with Crippen molar-refractivity contribution in [1.29, 1.82) is 0 Å². The van der Waals surface area contributed by atoms with Gasteiger partial charge in [-0.1, -0.05) is 25.2 Å². The molecule has 2 aliphatic carbocycles. The predicted octanol–water partition coefficient (Wildman–Crippen LogP) is 8.02. The van der Waals surface area contributed by atoms with Crippen LogP contribution < -0.4 is 9.47 Å². The van der Waals surface area contributed by atoms with Crippen molar-refractivity contribution in [1.82, 2.24) is 0 Å². The molecule has 2 aromatic carbocycles. The Morgan fingerprint density at radius 2 is 1.57 bits per heavy atom. The van der Waals surface area contributed by atoms with Crippen LogP contribution in [0.1, 0.15) is 73.2 Å². The number of halogens is 2. The largest absolute Gasteiger partial charge is 0.490 e. The molecule has 2 saturated carbocycles. The number of esters is 1. The Bertz CT molecular complexity index is 1020. The molecule has 4 unspecified atom stereocenters. The van der Waals surface area contributed by atoms with E-state index in [2.05, 4.69) is 13.2 Å². The second-order valence-corrected chi connectivity index (χ2v) is 9.89. The summed E-state index contributed by atoms with van der Waals surface area (Å²) in [5.41, 5.74) is -0.00959. The van der Waals surface area contributed by atoms with Crippen LogP contribution in [0.2, 0.25) is 0 Å². The molecule has 0 radical (unpaired) electrons. The summed E-state index contributed by atoms with van der Waals surface area (Å²) in [5, 5.41) is 0. The van der Waals surface area contributed by atoms with Crippen molar-refractivity contribution in [3.63, 3.8) is 0 Å². The molecule has 0 aliphatic heterocycles. The maximum atomic E-state index is 15.1. The van der Waals surface area contributed by atoms with Crippen LogP contribution in [0.5, 0.6) is 11.5 Å². The predicted molar refractivity (Wildman–Crippen MR) is 134 cm³/mol. The first-order chi connectivity index (χ1) is 17.0. The monoisotopic (exact) mass is 480 g/mol. The third kappa shape index (κ3) is 6.19. The van der Waals surface area contributed by atoms with Crippen LogP contribution in [0.25, 0.3) is 0 Å². The Morgan fingerprint density at radius 3 is 2.26 bits per heavy atom. The van der Waals surface area contributed by atoms with Crippen LogP contribution in [0.3, 0.4) is 0 Å². The fraction of sp³-hybridized carbons (Fsp3) is 0.433. The van der Waals surface area contributed by atoms with E-state index in [1.807, 2.05) is 6.08 Å². The first-order valence-corrected chi connectivity index (χ1v) is 12.6. The molecule has 0 spiro atoms. The third-order valence-corrected chi connectivity index (χ3v) is 7.63. The molecule has 0 aromatic heterocycles. The number of fused-ring (bicyclic) bond motifs is 1. The fourth-order valence-electron chi connectivity index (χ4n) is 5.88. The lowest BCUT2D eigenvalue weighted by Crippen LogP contribution is -2.31. The van der Waals surface area contributed by atoms with Gasteiger partial charge in [-0.05, 0) is 105 Å². The summed E-state index contributed by atoms with van der Waals surface area (Å²) in [4.78, 5) is 12.6. The van der Waals surface area contributed by atoms with Crippen LogP contribution in [-0.4, -0.2) is 12.6 Å². The van der Waals surface area contributed by atoms with E-state index >= 15 is 8.78 Å². The van der Waals surface area contributed by atoms with E-state index in [4.69, 9.17) is 9.47 Å². The van der Waals surface area contributed by atoms with Crippen LogP contribution in [0.15, 0.2) is 61.7 Å². The number of allylic oxidation sites excluding steroid dienone is 1. The molecule has 2 aromatic rings. The lowest BCUT2D eigenvalue weighted by atomic mass is 9.63. The second-order valence-electron chi connectivity index (χ2n) is 9.89. The molecule has 2 aliphatic rings. The fourth-order valence-corrected chi connectivity index (χ4v) is 5.88. The first kappa shape index (κ1) is 25.2. The van der Waals surface area contributed by atoms with Gasteiger partial charge in [0.05, 0.1) is 5.56 Å². The summed E-state index contributed by atoms with van der Waals surface area (Å²) in [7, 11) is 0. The van der Waals surface area contributed by atoms with E-state index in [9.17, 15) is 4.79 Å². The van der Waals surface area contributed by atoms with Crippen LogP contribution in [-0.2, 0) is 0 Å². The first-order valence-electron chi connectivity index (χ1n) is 12.6. The van der Waals surface area contributed by atoms with Gasteiger partial charge in [0.25, 0.3) is 0 Å². The molecule has 4 rings (SSSR count). The third-order valence-electron chi connectivity index (χ3n) is 7.63. The Labute approximate surface area is 206 Å². The Balaban J connectivity index is 1.39. The van der Waals surface area contributed by atoms with Crippen molar-refractivity contribution in [2.24, 2.45) is 17.8 Å². The van der Waals surface area contributed by atoms with Gasteiger partial charge in [0.2, 0.25) is 0 Å². The van der Waals surface area contributed by atoms with Gasteiger partial charge in [-0.3, -0.25) is 0 Å². The van der Waals surface area contributed by atoms with Gasteiger partial charge in [0, 0.05) is 5.56 Å². The zero-order valence-electron chi connectivity index (χ0n) is 20.2. The van der Waals surface area contributed by atoms with Crippen LogP contribution >= 0.6 is 0 Å².